The van der Waals surface area contributed by atoms with Gasteiger partial charge in [0, 0.05) is 18.5 Å². The molecule has 1 rings (SSSR count). The standard InChI is InChI=1S/C13H26N2O/c1-11(14-2)10-15-13(16)12-8-6-4-3-5-7-9-12/h11-12,14H,3-10H2,1-2H3,(H,15,16). The number of likely N-dealkylation sites (N-methyl/N-ethyl adjacent to an activating group) is 1. The molecule has 0 saturated heterocycles. The second kappa shape index (κ2) is 7.66. The number of carbonyl (C=O) groups is 1. The van der Waals surface area contributed by atoms with Crippen LogP contribution in [0.4, 0.5) is 0 Å². The van der Waals surface area contributed by atoms with Crippen molar-refractivity contribution in [3.05, 3.63) is 0 Å². The summed E-state index contributed by atoms with van der Waals surface area (Å²) in [5.41, 5.74) is 0. The minimum atomic E-state index is 0.268. The number of rotatable bonds is 4. The van der Waals surface area contributed by atoms with Gasteiger partial charge in [0.1, 0.15) is 0 Å². The lowest BCUT2D eigenvalue weighted by Gasteiger charge is -2.20. The predicted molar refractivity (Wildman–Crippen MR) is 67.3 cm³/mol. The second-order valence-electron chi connectivity index (χ2n) is 4.98. The summed E-state index contributed by atoms with van der Waals surface area (Å²) in [5.74, 6) is 0.536. The Hall–Kier alpha value is -0.570. The van der Waals surface area contributed by atoms with Crippen LogP contribution in [-0.2, 0) is 4.79 Å². The zero-order valence-corrected chi connectivity index (χ0v) is 10.7. The van der Waals surface area contributed by atoms with Crippen molar-refractivity contribution in [2.45, 2.75) is 57.9 Å². The van der Waals surface area contributed by atoms with E-state index in [9.17, 15) is 4.79 Å². The van der Waals surface area contributed by atoms with E-state index in [1.807, 2.05) is 7.05 Å². The molecule has 16 heavy (non-hydrogen) atoms. The highest BCUT2D eigenvalue weighted by Crippen LogP contribution is 2.22. The van der Waals surface area contributed by atoms with Crippen LogP contribution >= 0.6 is 0 Å². The molecule has 0 aromatic carbocycles. The third-order valence-corrected chi connectivity index (χ3v) is 3.55. The van der Waals surface area contributed by atoms with Gasteiger partial charge in [-0.2, -0.15) is 0 Å². The third-order valence-electron chi connectivity index (χ3n) is 3.55. The van der Waals surface area contributed by atoms with Crippen LogP contribution in [0.15, 0.2) is 0 Å². The molecule has 0 aromatic rings. The largest absolute Gasteiger partial charge is 0.354 e. The van der Waals surface area contributed by atoms with E-state index in [-0.39, 0.29) is 11.8 Å². The Morgan fingerprint density at radius 2 is 1.75 bits per heavy atom. The fraction of sp³-hybridized carbons (Fsp3) is 0.923. The van der Waals surface area contributed by atoms with Gasteiger partial charge in [0.15, 0.2) is 0 Å². The quantitative estimate of drug-likeness (QED) is 0.770. The van der Waals surface area contributed by atoms with Crippen LogP contribution in [0.2, 0.25) is 0 Å². The van der Waals surface area contributed by atoms with E-state index in [2.05, 4.69) is 17.6 Å². The average molecular weight is 226 g/mol. The van der Waals surface area contributed by atoms with Gasteiger partial charge in [-0.3, -0.25) is 4.79 Å². The van der Waals surface area contributed by atoms with E-state index >= 15 is 0 Å². The number of amides is 1. The summed E-state index contributed by atoms with van der Waals surface area (Å²) >= 11 is 0. The van der Waals surface area contributed by atoms with Gasteiger partial charge in [0.2, 0.25) is 5.91 Å². The van der Waals surface area contributed by atoms with E-state index in [1.54, 1.807) is 0 Å². The Balaban J connectivity index is 2.27. The molecule has 0 aliphatic heterocycles. The molecule has 0 heterocycles. The van der Waals surface area contributed by atoms with Gasteiger partial charge >= 0.3 is 0 Å². The summed E-state index contributed by atoms with van der Waals surface area (Å²) in [7, 11) is 1.92. The summed E-state index contributed by atoms with van der Waals surface area (Å²) in [6.45, 7) is 2.82. The van der Waals surface area contributed by atoms with Gasteiger partial charge in [0.25, 0.3) is 0 Å². The molecule has 0 bridgehead atoms. The van der Waals surface area contributed by atoms with Gasteiger partial charge in [-0.25, -0.2) is 0 Å². The van der Waals surface area contributed by atoms with Crippen LogP contribution in [0.1, 0.15) is 51.9 Å². The van der Waals surface area contributed by atoms with Crippen molar-refractivity contribution < 1.29 is 4.79 Å². The van der Waals surface area contributed by atoms with Crippen LogP contribution in [0.5, 0.6) is 0 Å². The van der Waals surface area contributed by atoms with E-state index in [1.165, 1.54) is 32.1 Å². The molecule has 3 nitrogen and oxygen atoms in total. The summed E-state index contributed by atoms with van der Waals surface area (Å²) in [6.07, 6.45) is 8.57. The highest BCUT2D eigenvalue weighted by Gasteiger charge is 2.19. The Morgan fingerprint density at radius 3 is 2.31 bits per heavy atom. The fourth-order valence-corrected chi connectivity index (χ4v) is 2.22. The number of carbonyl (C=O) groups excluding carboxylic acids is 1. The molecule has 1 aliphatic rings. The third kappa shape index (κ3) is 4.97. The molecular weight excluding hydrogens is 200 g/mol. The first kappa shape index (κ1) is 13.5. The van der Waals surface area contributed by atoms with E-state index < -0.39 is 0 Å². The zero-order valence-electron chi connectivity index (χ0n) is 10.7. The molecule has 1 aliphatic carbocycles. The number of hydrogen-bond acceptors (Lipinski definition) is 2. The summed E-state index contributed by atoms with van der Waals surface area (Å²) in [5, 5.41) is 6.18. The first-order valence-corrected chi connectivity index (χ1v) is 6.69. The molecule has 1 amide bonds. The lowest BCUT2D eigenvalue weighted by atomic mass is 9.90. The van der Waals surface area contributed by atoms with Crippen LogP contribution in [0.3, 0.4) is 0 Å². The molecule has 2 N–H and O–H groups in total. The van der Waals surface area contributed by atoms with Crippen LogP contribution in [0, 0.1) is 5.92 Å². The van der Waals surface area contributed by atoms with Gasteiger partial charge < -0.3 is 10.6 Å². The highest BCUT2D eigenvalue weighted by molar-refractivity contribution is 5.78. The van der Waals surface area contributed by atoms with Crippen LogP contribution < -0.4 is 10.6 Å². The van der Waals surface area contributed by atoms with Gasteiger partial charge in [-0.15, -0.1) is 0 Å². The van der Waals surface area contributed by atoms with Crippen LogP contribution in [-0.4, -0.2) is 25.5 Å². The molecule has 1 fully saturated rings. The molecule has 1 atom stereocenters. The molecule has 3 heteroatoms. The van der Waals surface area contributed by atoms with E-state index in [0.29, 0.717) is 6.04 Å². The topological polar surface area (TPSA) is 41.1 Å². The molecular formula is C13H26N2O. The molecule has 1 unspecified atom stereocenters. The number of hydrogen-bond donors (Lipinski definition) is 2. The summed E-state index contributed by atoms with van der Waals surface area (Å²) < 4.78 is 0. The molecule has 1 saturated carbocycles. The molecule has 0 aromatic heterocycles. The maximum Gasteiger partial charge on any atom is 0.223 e. The maximum absolute atomic E-state index is 11.9. The number of nitrogens with one attached hydrogen (secondary N) is 2. The van der Waals surface area contributed by atoms with Crippen molar-refractivity contribution in [2.75, 3.05) is 13.6 Å². The van der Waals surface area contributed by atoms with Crippen molar-refractivity contribution in [3.63, 3.8) is 0 Å². The lowest BCUT2D eigenvalue weighted by molar-refractivity contribution is -0.125. The Labute approximate surface area is 99.4 Å². The highest BCUT2D eigenvalue weighted by atomic mass is 16.1. The SMILES string of the molecule is CNC(C)CNC(=O)C1CCCCCCC1. The Bertz CT molecular complexity index is 198. The average Bonchev–Trinajstić information content (AvgIpc) is 2.25. The Kier molecular flexibility index (Phi) is 6.46. The monoisotopic (exact) mass is 226 g/mol. The van der Waals surface area contributed by atoms with Crippen molar-refractivity contribution >= 4 is 5.91 Å². The summed E-state index contributed by atoms with van der Waals surface area (Å²) in [6, 6.07) is 0.359. The maximum atomic E-state index is 11.9. The fourth-order valence-electron chi connectivity index (χ4n) is 2.22. The van der Waals surface area contributed by atoms with Crippen LogP contribution in [0.25, 0.3) is 0 Å². The Morgan fingerprint density at radius 1 is 1.19 bits per heavy atom. The van der Waals surface area contributed by atoms with Gasteiger partial charge in [-0.05, 0) is 26.8 Å². The van der Waals surface area contributed by atoms with Crippen molar-refractivity contribution in [1.29, 1.82) is 0 Å². The second-order valence-corrected chi connectivity index (χ2v) is 4.98. The first-order valence-electron chi connectivity index (χ1n) is 6.69. The normalized spacial score (nSPS) is 20.9. The molecule has 0 spiro atoms. The van der Waals surface area contributed by atoms with Crippen molar-refractivity contribution in [3.8, 4) is 0 Å². The minimum Gasteiger partial charge on any atom is -0.354 e. The molecule has 0 radical (unpaired) electrons. The first-order chi connectivity index (χ1) is 7.74. The smallest absolute Gasteiger partial charge is 0.223 e. The van der Waals surface area contributed by atoms with E-state index in [0.717, 1.165) is 19.4 Å². The minimum absolute atomic E-state index is 0.268. The van der Waals surface area contributed by atoms with Crippen molar-refractivity contribution in [1.82, 2.24) is 10.6 Å². The van der Waals surface area contributed by atoms with Crippen molar-refractivity contribution in [2.24, 2.45) is 5.92 Å². The lowest BCUT2D eigenvalue weighted by Crippen LogP contribution is -2.40. The predicted octanol–water partition coefficient (Wildman–Crippen LogP) is 2.07. The van der Waals surface area contributed by atoms with Gasteiger partial charge in [-0.1, -0.05) is 32.1 Å². The van der Waals surface area contributed by atoms with E-state index in [4.69, 9.17) is 0 Å². The van der Waals surface area contributed by atoms with Gasteiger partial charge in [0.05, 0.1) is 0 Å². The zero-order chi connectivity index (χ0) is 11.8. The molecule has 94 valence electrons. The summed E-state index contributed by atoms with van der Waals surface area (Å²) in [4.78, 5) is 11.9.